The van der Waals surface area contributed by atoms with Crippen LogP contribution in [-0.4, -0.2) is 18.7 Å². The number of benzene rings is 1. The molecule has 1 saturated carbocycles. The number of hydrogen-bond acceptors (Lipinski definition) is 2. The van der Waals surface area contributed by atoms with E-state index in [1.807, 2.05) is 20.0 Å². The Hall–Kier alpha value is -0.860. The molecule has 0 bridgehead atoms. The van der Waals surface area contributed by atoms with Crippen molar-refractivity contribution in [3.63, 3.8) is 0 Å². The molecule has 0 radical (unpaired) electrons. The second-order valence-electron chi connectivity index (χ2n) is 5.34. The van der Waals surface area contributed by atoms with Crippen LogP contribution in [0.25, 0.3) is 0 Å². The normalized spacial score (nSPS) is 19.7. The quantitative estimate of drug-likeness (QED) is 0.819. The van der Waals surface area contributed by atoms with Gasteiger partial charge in [0, 0.05) is 0 Å². The van der Waals surface area contributed by atoms with Crippen LogP contribution in [0.3, 0.4) is 0 Å². The summed E-state index contributed by atoms with van der Waals surface area (Å²) in [5.41, 5.74) is 1.77. The van der Waals surface area contributed by atoms with Gasteiger partial charge in [0.05, 0.1) is 5.60 Å². The molecule has 2 nitrogen and oxygen atoms in total. The first-order valence-electron chi connectivity index (χ1n) is 6.61. The first kappa shape index (κ1) is 12.6. The molecule has 1 fully saturated rings. The van der Waals surface area contributed by atoms with Crippen molar-refractivity contribution in [1.29, 1.82) is 0 Å². The Morgan fingerprint density at radius 3 is 2.65 bits per heavy atom. The van der Waals surface area contributed by atoms with Gasteiger partial charge in [-0.2, -0.15) is 0 Å². The molecule has 1 unspecified atom stereocenters. The Balaban J connectivity index is 2.23. The first-order chi connectivity index (χ1) is 8.15. The maximum Gasteiger partial charge on any atom is 0.0883 e. The van der Waals surface area contributed by atoms with Gasteiger partial charge in [0.1, 0.15) is 0 Å². The minimum Gasteiger partial charge on any atom is -0.385 e. The van der Waals surface area contributed by atoms with E-state index in [0.29, 0.717) is 5.92 Å². The van der Waals surface area contributed by atoms with E-state index in [2.05, 4.69) is 23.5 Å². The third kappa shape index (κ3) is 2.70. The maximum absolute atomic E-state index is 10.6. The van der Waals surface area contributed by atoms with E-state index in [9.17, 15) is 5.11 Å². The van der Waals surface area contributed by atoms with E-state index in [4.69, 9.17) is 0 Å². The third-order valence-corrected chi connectivity index (χ3v) is 3.95. The van der Waals surface area contributed by atoms with Gasteiger partial charge in [0.15, 0.2) is 0 Å². The van der Waals surface area contributed by atoms with Crippen LogP contribution in [0.5, 0.6) is 0 Å². The average Bonchev–Trinajstić information content (AvgIpc) is 2.25. The molecule has 0 heterocycles. The summed E-state index contributed by atoms with van der Waals surface area (Å²) in [4.78, 5) is 0. The van der Waals surface area contributed by atoms with Crippen LogP contribution < -0.4 is 5.32 Å². The summed E-state index contributed by atoms with van der Waals surface area (Å²) in [5, 5.41) is 13.7. The fourth-order valence-corrected chi connectivity index (χ4v) is 2.57. The predicted molar refractivity (Wildman–Crippen MR) is 71.1 cm³/mol. The summed E-state index contributed by atoms with van der Waals surface area (Å²) >= 11 is 0. The molecule has 1 aromatic rings. The Kier molecular flexibility index (Phi) is 3.85. The summed E-state index contributed by atoms with van der Waals surface area (Å²) in [6.07, 6.45) is 4.64. The molecule has 2 N–H and O–H groups in total. The molecule has 0 aromatic heterocycles. The van der Waals surface area contributed by atoms with Crippen molar-refractivity contribution in [2.24, 2.45) is 0 Å². The molecular formula is C15H23NO. The monoisotopic (exact) mass is 233 g/mol. The summed E-state index contributed by atoms with van der Waals surface area (Å²) in [7, 11) is 1.92. The number of nitrogens with one attached hydrogen (secondary N) is 1. The van der Waals surface area contributed by atoms with Gasteiger partial charge in [0.25, 0.3) is 0 Å². The zero-order chi connectivity index (χ0) is 12.3. The van der Waals surface area contributed by atoms with Crippen molar-refractivity contribution < 1.29 is 5.11 Å². The number of rotatable bonds is 5. The molecule has 0 aliphatic heterocycles. The molecule has 1 aliphatic carbocycles. The van der Waals surface area contributed by atoms with Crippen molar-refractivity contribution in [2.45, 2.75) is 44.1 Å². The first-order valence-corrected chi connectivity index (χ1v) is 6.61. The highest BCUT2D eigenvalue weighted by Crippen LogP contribution is 2.41. The van der Waals surface area contributed by atoms with E-state index in [0.717, 1.165) is 18.5 Å². The maximum atomic E-state index is 10.6. The second kappa shape index (κ2) is 5.19. The molecular weight excluding hydrogens is 210 g/mol. The molecule has 1 atom stereocenters. The minimum absolute atomic E-state index is 0.673. The van der Waals surface area contributed by atoms with E-state index >= 15 is 0 Å². The fraction of sp³-hybridized carbons (Fsp3) is 0.600. The van der Waals surface area contributed by atoms with Gasteiger partial charge < -0.3 is 10.4 Å². The van der Waals surface area contributed by atoms with Crippen LogP contribution >= 0.6 is 0 Å². The van der Waals surface area contributed by atoms with Crippen LogP contribution in [0, 0.1) is 0 Å². The Morgan fingerprint density at radius 2 is 2.06 bits per heavy atom. The molecule has 0 spiro atoms. The fourth-order valence-electron chi connectivity index (χ4n) is 2.57. The van der Waals surface area contributed by atoms with Crippen LogP contribution in [-0.2, 0) is 5.60 Å². The molecule has 0 saturated heterocycles. The van der Waals surface area contributed by atoms with Crippen molar-refractivity contribution in [1.82, 2.24) is 5.32 Å². The lowest BCUT2D eigenvalue weighted by molar-refractivity contribution is 0.0468. The van der Waals surface area contributed by atoms with Gasteiger partial charge >= 0.3 is 0 Å². The summed E-state index contributed by atoms with van der Waals surface area (Å²) < 4.78 is 0. The molecule has 1 aliphatic rings. The molecule has 17 heavy (non-hydrogen) atoms. The van der Waals surface area contributed by atoms with Gasteiger partial charge in [-0.05, 0) is 56.8 Å². The van der Waals surface area contributed by atoms with Crippen molar-refractivity contribution >= 4 is 0 Å². The van der Waals surface area contributed by atoms with Crippen LogP contribution in [0.1, 0.15) is 49.7 Å². The Bertz CT molecular complexity index is 369. The number of hydrogen-bond donors (Lipinski definition) is 2. The smallest absolute Gasteiger partial charge is 0.0883 e. The van der Waals surface area contributed by atoms with Crippen LogP contribution in [0.2, 0.25) is 0 Å². The van der Waals surface area contributed by atoms with Gasteiger partial charge in [0.2, 0.25) is 0 Å². The van der Waals surface area contributed by atoms with Crippen LogP contribution in [0.15, 0.2) is 24.3 Å². The molecule has 2 heteroatoms. The summed E-state index contributed by atoms with van der Waals surface area (Å²) in [6.45, 7) is 2.77. The molecule has 1 aromatic carbocycles. The van der Waals surface area contributed by atoms with Gasteiger partial charge in [-0.25, -0.2) is 0 Å². The Labute approximate surface area is 104 Å². The topological polar surface area (TPSA) is 32.3 Å². The largest absolute Gasteiger partial charge is 0.385 e. The SMILES string of the molecule is CNCCC(C)(O)c1ccccc1C1CCC1. The zero-order valence-corrected chi connectivity index (χ0v) is 10.9. The minimum atomic E-state index is -0.713. The van der Waals surface area contributed by atoms with E-state index in [1.54, 1.807) is 0 Å². The van der Waals surface area contributed by atoms with Crippen molar-refractivity contribution in [3.05, 3.63) is 35.4 Å². The Morgan fingerprint density at radius 1 is 1.35 bits per heavy atom. The predicted octanol–water partition coefficient (Wildman–Crippen LogP) is 2.77. The van der Waals surface area contributed by atoms with Crippen LogP contribution in [0.4, 0.5) is 0 Å². The third-order valence-electron chi connectivity index (χ3n) is 3.95. The van der Waals surface area contributed by atoms with Gasteiger partial charge in [-0.15, -0.1) is 0 Å². The van der Waals surface area contributed by atoms with Crippen molar-refractivity contribution in [2.75, 3.05) is 13.6 Å². The molecule has 2 rings (SSSR count). The average molecular weight is 233 g/mol. The zero-order valence-electron chi connectivity index (χ0n) is 10.9. The summed E-state index contributed by atoms with van der Waals surface area (Å²) in [6, 6.07) is 8.40. The van der Waals surface area contributed by atoms with Crippen molar-refractivity contribution in [3.8, 4) is 0 Å². The van der Waals surface area contributed by atoms with E-state index < -0.39 is 5.60 Å². The molecule has 0 amide bonds. The highest BCUT2D eigenvalue weighted by molar-refractivity contribution is 5.35. The summed E-state index contributed by atoms with van der Waals surface area (Å²) in [5.74, 6) is 0.673. The lowest BCUT2D eigenvalue weighted by atomic mass is 9.75. The van der Waals surface area contributed by atoms with E-state index in [1.165, 1.54) is 24.8 Å². The van der Waals surface area contributed by atoms with E-state index in [-0.39, 0.29) is 0 Å². The van der Waals surface area contributed by atoms with Gasteiger partial charge in [-0.3, -0.25) is 0 Å². The molecule has 94 valence electrons. The lowest BCUT2D eigenvalue weighted by Gasteiger charge is -2.33. The second-order valence-corrected chi connectivity index (χ2v) is 5.34. The number of aliphatic hydroxyl groups is 1. The highest BCUT2D eigenvalue weighted by Gasteiger charge is 2.29. The highest BCUT2D eigenvalue weighted by atomic mass is 16.3. The van der Waals surface area contributed by atoms with Gasteiger partial charge in [-0.1, -0.05) is 30.7 Å². The standard InChI is InChI=1S/C15H23NO/c1-15(17,10-11-16-2)14-9-4-3-8-13(14)12-6-5-7-12/h3-4,8-9,12,16-17H,5-7,10-11H2,1-2H3. The lowest BCUT2D eigenvalue weighted by Crippen LogP contribution is -2.28.